The van der Waals surface area contributed by atoms with Crippen LogP contribution in [-0.2, 0) is 11.2 Å². The fraction of sp³-hybridized carbons (Fsp3) is 0.500. The van der Waals surface area contributed by atoms with Gasteiger partial charge in [0.05, 0.1) is 6.61 Å². The van der Waals surface area contributed by atoms with Gasteiger partial charge in [-0.3, -0.25) is 0 Å². The molecule has 1 atom stereocenters. The zero-order chi connectivity index (χ0) is 11.1. The molecule has 1 aromatic heterocycles. The van der Waals surface area contributed by atoms with Crippen molar-refractivity contribution < 1.29 is 9.94 Å². The van der Waals surface area contributed by atoms with Crippen molar-refractivity contribution in [1.82, 2.24) is 0 Å². The second-order valence-electron chi connectivity index (χ2n) is 3.12. The normalized spacial score (nSPS) is 14.1. The fourth-order valence-electron chi connectivity index (χ4n) is 1.23. The van der Waals surface area contributed by atoms with E-state index in [1.54, 1.807) is 11.3 Å². The molecule has 3 N–H and O–H groups in total. The largest absolute Gasteiger partial charge is 0.409 e. The predicted octanol–water partition coefficient (Wildman–Crippen LogP) is 1.83. The number of nitrogens with zero attached hydrogens (tertiary/aromatic N) is 1. The number of ether oxygens (including phenoxy) is 1. The van der Waals surface area contributed by atoms with Crippen LogP contribution in [0.2, 0.25) is 0 Å². The summed E-state index contributed by atoms with van der Waals surface area (Å²) in [6.07, 6.45) is 1.29. The Kier molecular flexibility index (Phi) is 5.14. The zero-order valence-corrected chi connectivity index (χ0v) is 9.54. The highest BCUT2D eigenvalue weighted by molar-refractivity contribution is 7.09. The molecule has 1 unspecified atom stereocenters. The molecule has 0 aliphatic rings. The maximum absolute atomic E-state index is 8.50. The van der Waals surface area contributed by atoms with E-state index in [1.165, 1.54) is 4.88 Å². The van der Waals surface area contributed by atoms with E-state index in [0.717, 1.165) is 6.42 Å². The molecule has 0 radical (unpaired) electrons. The van der Waals surface area contributed by atoms with Crippen molar-refractivity contribution in [3.8, 4) is 0 Å². The topological polar surface area (TPSA) is 67.8 Å². The van der Waals surface area contributed by atoms with Gasteiger partial charge < -0.3 is 15.7 Å². The smallest absolute Gasteiger partial charge is 0.168 e. The van der Waals surface area contributed by atoms with Crippen molar-refractivity contribution in [3.05, 3.63) is 22.4 Å². The van der Waals surface area contributed by atoms with Crippen molar-refractivity contribution in [1.29, 1.82) is 0 Å². The standard InChI is InChI=1S/C10H16N2O2S/c1-2-9(10(11)12-13)14-6-5-8-4-3-7-15-8/h3-4,7,9,13H,2,5-6H2,1H3,(H2,11,12). The third-order valence-corrected chi connectivity index (χ3v) is 3.00. The average molecular weight is 228 g/mol. The van der Waals surface area contributed by atoms with Crippen LogP contribution in [0.5, 0.6) is 0 Å². The third-order valence-electron chi connectivity index (χ3n) is 2.06. The Bertz CT molecular complexity index is 298. The monoisotopic (exact) mass is 228 g/mol. The number of hydrogen-bond acceptors (Lipinski definition) is 4. The molecule has 4 nitrogen and oxygen atoms in total. The minimum atomic E-state index is -0.282. The summed E-state index contributed by atoms with van der Waals surface area (Å²) in [5.74, 6) is 0.142. The Balaban J connectivity index is 2.29. The number of hydrogen-bond donors (Lipinski definition) is 2. The van der Waals surface area contributed by atoms with Crippen LogP contribution in [-0.4, -0.2) is 23.8 Å². The van der Waals surface area contributed by atoms with Gasteiger partial charge in [0.25, 0.3) is 0 Å². The van der Waals surface area contributed by atoms with Crippen molar-refractivity contribution in [3.63, 3.8) is 0 Å². The molecule has 0 spiro atoms. The summed E-state index contributed by atoms with van der Waals surface area (Å²) >= 11 is 1.71. The summed E-state index contributed by atoms with van der Waals surface area (Å²) in [7, 11) is 0. The Morgan fingerprint density at radius 2 is 2.53 bits per heavy atom. The summed E-state index contributed by atoms with van der Waals surface area (Å²) in [5, 5.41) is 13.5. The van der Waals surface area contributed by atoms with Gasteiger partial charge in [-0.25, -0.2) is 0 Å². The molecule has 1 heterocycles. The number of nitrogens with two attached hydrogens (primary N) is 1. The Morgan fingerprint density at radius 3 is 3.07 bits per heavy atom. The van der Waals surface area contributed by atoms with Crippen molar-refractivity contribution in [2.24, 2.45) is 10.9 Å². The van der Waals surface area contributed by atoms with Crippen molar-refractivity contribution >= 4 is 17.2 Å². The summed E-state index contributed by atoms with van der Waals surface area (Å²) in [5.41, 5.74) is 5.46. The van der Waals surface area contributed by atoms with Gasteiger partial charge in [0.15, 0.2) is 5.84 Å². The predicted molar refractivity (Wildman–Crippen MR) is 61.5 cm³/mol. The van der Waals surface area contributed by atoms with Crippen LogP contribution in [0.1, 0.15) is 18.2 Å². The van der Waals surface area contributed by atoms with Crippen LogP contribution in [0, 0.1) is 0 Å². The van der Waals surface area contributed by atoms with E-state index in [-0.39, 0.29) is 11.9 Å². The highest BCUT2D eigenvalue weighted by Crippen LogP contribution is 2.10. The molecule has 0 fully saturated rings. The molecule has 1 aromatic rings. The van der Waals surface area contributed by atoms with E-state index in [0.29, 0.717) is 13.0 Å². The highest BCUT2D eigenvalue weighted by atomic mass is 32.1. The summed E-state index contributed by atoms with van der Waals surface area (Å²) in [6.45, 7) is 2.53. The number of rotatable bonds is 6. The van der Waals surface area contributed by atoms with Crippen LogP contribution in [0.25, 0.3) is 0 Å². The van der Waals surface area contributed by atoms with Gasteiger partial charge in [0, 0.05) is 11.3 Å². The SMILES string of the molecule is CCC(OCCc1cccs1)C(N)=NO. The molecule has 1 rings (SSSR count). The molecule has 15 heavy (non-hydrogen) atoms. The number of oxime groups is 1. The molecule has 0 bridgehead atoms. The first-order valence-corrected chi connectivity index (χ1v) is 5.77. The Hall–Kier alpha value is -1.07. The highest BCUT2D eigenvalue weighted by Gasteiger charge is 2.11. The van der Waals surface area contributed by atoms with Crippen LogP contribution < -0.4 is 5.73 Å². The Labute approximate surface area is 93.4 Å². The van der Waals surface area contributed by atoms with Gasteiger partial charge in [-0.05, 0) is 17.9 Å². The molecule has 5 heteroatoms. The minimum Gasteiger partial charge on any atom is -0.409 e. The molecule has 0 amide bonds. The maximum atomic E-state index is 8.50. The molecular weight excluding hydrogens is 212 g/mol. The lowest BCUT2D eigenvalue weighted by Crippen LogP contribution is -2.31. The van der Waals surface area contributed by atoms with Crippen LogP contribution in [0.3, 0.4) is 0 Å². The van der Waals surface area contributed by atoms with Gasteiger partial charge in [-0.1, -0.05) is 18.1 Å². The average Bonchev–Trinajstić information content (AvgIpc) is 2.76. The van der Waals surface area contributed by atoms with Crippen LogP contribution in [0.15, 0.2) is 22.7 Å². The van der Waals surface area contributed by atoms with Gasteiger partial charge in [-0.15, -0.1) is 11.3 Å². The quantitative estimate of drug-likeness (QED) is 0.338. The van der Waals surface area contributed by atoms with Gasteiger partial charge >= 0.3 is 0 Å². The number of amidine groups is 1. The maximum Gasteiger partial charge on any atom is 0.168 e. The Morgan fingerprint density at radius 1 is 1.73 bits per heavy atom. The first-order chi connectivity index (χ1) is 7.27. The van der Waals surface area contributed by atoms with E-state index >= 15 is 0 Å². The zero-order valence-electron chi connectivity index (χ0n) is 8.72. The lowest BCUT2D eigenvalue weighted by Gasteiger charge is -2.13. The summed E-state index contributed by atoms with van der Waals surface area (Å²) < 4.78 is 5.51. The molecule has 0 saturated heterocycles. The van der Waals surface area contributed by atoms with E-state index in [1.807, 2.05) is 18.4 Å². The third kappa shape index (κ3) is 3.89. The second kappa shape index (κ2) is 6.42. The van der Waals surface area contributed by atoms with E-state index < -0.39 is 0 Å². The van der Waals surface area contributed by atoms with Gasteiger partial charge in [-0.2, -0.15) is 0 Å². The first kappa shape index (κ1) is 12.0. The molecule has 0 aliphatic heterocycles. The first-order valence-electron chi connectivity index (χ1n) is 4.89. The van der Waals surface area contributed by atoms with Crippen molar-refractivity contribution in [2.45, 2.75) is 25.9 Å². The van der Waals surface area contributed by atoms with Gasteiger partial charge in [0.2, 0.25) is 0 Å². The van der Waals surface area contributed by atoms with E-state index in [4.69, 9.17) is 15.7 Å². The van der Waals surface area contributed by atoms with E-state index in [9.17, 15) is 0 Å². The number of thiophene rings is 1. The molecule has 0 aliphatic carbocycles. The van der Waals surface area contributed by atoms with Gasteiger partial charge in [0.1, 0.15) is 6.10 Å². The van der Waals surface area contributed by atoms with E-state index in [2.05, 4.69) is 11.2 Å². The van der Waals surface area contributed by atoms with Crippen LogP contribution >= 0.6 is 11.3 Å². The molecule has 84 valence electrons. The summed E-state index contributed by atoms with van der Waals surface area (Å²) in [4.78, 5) is 1.28. The lowest BCUT2D eigenvalue weighted by atomic mass is 10.2. The molecule has 0 aromatic carbocycles. The fourth-order valence-corrected chi connectivity index (χ4v) is 1.92. The lowest BCUT2D eigenvalue weighted by molar-refractivity contribution is 0.0947. The van der Waals surface area contributed by atoms with Crippen molar-refractivity contribution in [2.75, 3.05) is 6.61 Å². The second-order valence-corrected chi connectivity index (χ2v) is 4.15. The van der Waals surface area contributed by atoms with Crippen LogP contribution in [0.4, 0.5) is 0 Å². The minimum absolute atomic E-state index is 0.142. The molecular formula is C10H16N2O2S. The summed E-state index contributed by atoms with van der Waals surface area (Å²) in [6, 6.07) is 4.08. The molecule has 0 saturated carbocycles.